The molecule has 0 aliphatic rings. The number of ether oxygens (including phenoxy) is 1. The molecule has 0 fully saturated rings. The van der Waals surface area contributed by atoms with Crippen molar-refractivity contribution in [3.05, 3.63) is 90.0 Å². The Kier molecular flexibility index (Phi) is 6.97. The van der Waals surface area contributed by atoms with Crippen LogP contribution in [0.1, 0.15) is 24.1 Å². The normalized spacial score (nSPS) is 12.1. The molecule has 3 aromatic carbocycles. The Morgan fingerprint density at radius 1 is 1.00 bits per heavy atom. The van der Waals surface area contributed by atoms with Crippen molar-refractivity contribution in [3.8, 4) is 5.75 Å². The van der Waals surface area contributed by atoms with Gasteiger partial charge in [0, 0.05) is 5.56 Å². The van der Waals surface area contributed by atoms with Gasteiger partial charge in [0.15, 0.2) is 0 Å². The number of nitrogens with one attached hydrogen (secondary N) is 1. The van der Waals surface area contributed by atoms with Crippen LogP contribution in [0.4, 0.5) is 5.69 Å². The van der Waals surface area contributed by atoms with Crippen molar-refractivity contribution >= 4 is 21.6 Å². The summed E-state index contributed by atoms with van der Waals surface area (Å²) in [6.45, 7) is 3.36. The predicted octanol–water partition coefficient (Wildman–Crippen LogP) is 4.08. The molecular formula is C24H26N2O4S. The molecule has 3 aromatic rings. The number of nitrogens with zero attached hydrogens (tertiary/aromatic N) is 1. The molecule has 0 radical (unpaired) electrons. The summed E-state index contributed by atoms with van der Waals surface area (Å²) < 4.78 is 33.2. The van der Waals surface area contributed by atoms with Crippen LogP contribution >= 0.6 is 0 Å². The van der Waals surface area contributed by atoms with Crippen molar-refractivity contribution < 1.29 is 17.9 Å². The second kappa shape index (κ2) is 9.66. The van der Waals surface area contributed by atoms with Gasteiger partial charge in [-0.1, -0.05) is 48.5 Å². The first-order valence-corrected chi connectivity index (χ1v) is 11.3. The van der Waals surface area contributed by atoms with E-state index in [2.05, 4.69) is 5.32 Å². The number of anilines is 1. The fourth-order valence-electron chi connectivity index (χ4n) is 3.34. The molecule has 0 saturated carbocycles. The third-order valence-corrected chi connectivity index (χ3v) is 6.68. The Bertz CT molecular complexity index is 1150. The van der Waals surface area contributed by atoms with Crippen LogP contribution in [-0.4, -0.2) is 28.0 Å². The van der Waals surface area contributed by atoms with Crippen molar-refractivity contribution in [3.63, 3.8) is 0 Å². The van der Waals surface area contributed by atoms with Crippen molar-refractivity contribution in [2.75, 3.05) is 18.0 Å². The predicted molar refractivity (Wildman–Crippen MR) is 122 cm³/mol. The number of sulfonamides is 1. The standard InChI is InChI=1S/C24H26N2O4S/c1-18-10-9-11-20(16-18)26(31(28,29)21-12-5-4-6-13-21)17-24(27)25-19(2)22-14-7-8-15-23(22)30-3/h4-16,19H,17H2,1-3H3,(H,25,27)/t19-/m0/s1. The number of carbonyl (C=O) groups is 1. The zero-order valence-electron chi connectivity index (χ0n) is 17.8. The summed E-state index contributed by atoms with van der Waals surface area (Å²) in [6.07, 6.45) is 0. The minimum Gasteiger partial charge on any atom is -0.496 e. The van der Waals surface area contributed by atoms with Crippen LogP contribution in [0.5, 0.6) is 5.75 Å². The highest BCUT2D eigenvalue weighted by Gasteiger charge is 2.28. The Morgan fingerprint density at radius 2 is 1.68 bits per heavy atom. The molecule has 0 heterocycles. The molecule has 0 unspecified atom stereocenters. The fraction of sp³-hybridized carbons (Fsp3) is 0.208. The largest absolute Gasteiger partial charge is 0.496 e. The summed E-state index contributed by atoms with van der Waals surface area (Å²) in [4.78, 5) is 13.0. The van der Waals surface area contributed by atoms with Crippen LogP contribution < -0.4 is 14.4 Å². The first-order chi connectivity index (χ1) is 14.8. The maximum atomic E-state index is 13.4. The zero-order chi connectivity index (χ0) is 22.4. The summed E-state index contributed by atoms with van der Waals surface area (Å²) in [6, 6.07) is 22.2. The van der Waals surface area contributed by atoms with Gasteiger partial charge in [0.05, 0.1) is 23.7 Å². The monoisotopic (exact) mass is 438 g/mol. The molecule has 0 saturated heterocycles. The number of benzene rings is 3. The topological polar surface area (TPSA) is 75.7 Å². The quantitative estimate of drug-likeness (QED) is 0.575. The Hall–Kier alpha value is -3.32. The minimum absolute atomic E-state index is 0.127. The summed E-state index contributed by atoms with van der Waals surface area (Å²) in [7, 11) is -2.36. The van der Waals surface area contributed by atoms with E-state index in [1.54, 1.807) is 43.5 Å². The van der Waals surface area contributed by atoms with E-state index < -0.39 is 15.9 Å². The summed E-state index contributed by atoms with van der Waals surface area (Å²) in [5, 5.41) is 2.88. The number of hydrogen-bond acceptors (Lipinski definition) is 4. The van der Waals surface area contributed by atoms with E-state index >= 15 is 0 Å². The van der Waals surface area contributed by atoms with Crippen LogP contribution in [-0.2, 0) is 14.8 Å². The molecule has 1 N–H and O–H groups in total. The van der Waals surface area contributed by atoms with E-state index in [1.807, 2.05) is 44.2 Å². The maximum absolute atomic E-state index is 13.4. The second-order valence-corrected chi connectivity index (χ2v) is 9.06. The number of rotatable bonds is 8. The summed E-state index contributed by atoms with van der Waals surface area (Å²) in [5.41, 5.74) is 2.14. The average molecular weight is 439 g/mol. The Labute approximate surface area is 183 Å². The maximum Gasteiger partial charge on any atom is 0.264 e. The minimum atomic E-state index is -3.93. The Morgan fingerprint density at radius 3 is 2.35 bits per heavy atom. The molecule has 1 amide bonds. The van der Waals surface area contributed by atoms with Gasteiger partial charge in [-0.15, -0.1) is 0 Å². The van der Waals surface area contributed by atoms with Gasteiger partial charge in [0.1, 0.15) is 12.3 Å². The molecule has 162 valence electrons. The fourth-order valence-corrected chi connectivity index (χ4v) is 4.77. The molecule has 0 aliphatic carbocycles. The highest BCUT2D eigenvalue weighted by Crippen LogP contribution is 2.26. The molecule has 6 nitrogen and oxygen atoms in total. The zero-order valence-corrected chi connectivity index (χ0v) is 18.6. The van der Waals surface area contributed by atoms with Gasteiger partial charge in [0.25, 0.3) is 10.0 Å². The lowest BCUT2D eigenvalue weighted by Crippen LogP contribution is -2.41. The number of amides is 1. The number of carbonyl (C=O) groups excluding carboxylic acids is 1. The van der Waals surface area contributed by atoms with E-state index in [0.29, 0.717) is 11.4 Å². The SMILES string of the molecule is COc1ccccc1[C@H](C)NC(=O)CN(c1cccc(C)c1)S(=O)(=O)c1ccccc1. The molecule has 0 aromatic heterocycles. The first kappa shape index (κ1) is 22.4. The Balaban J connectivity index is 1.89. The lowest BCUT2D eigenvalue weighted by molar-refractivity contribution is -0.120. The third kappa shape index (κ3) is 5.24. The van der Waals surface area contributed by atoms with Gasteiger partial charge in [0.2, 0.25) is 5.91 Å². The van der Waals surface area contributed by atoms with Gasteiger partial charge < -0.3 is 10.1 Å². The van der Waals surface area contributed by atoms with Crippen LogP contribution in [0.15, 0.2) is 83.8 Å². The van der Waals surface area contributed by atoms with Crippen molar-refractivity contribution in [2.45, 2.75) is 24.8 Å². The lowest BCUT2D eigenvalue weighted by atomic mass is 10.1. The number of methoxy groups -OCH3 is 1. The van der Waals surface area contributed by atoms with E-state index in [9.17, 15) is 13.2 Å². The molecule has 31 heavy (non-hydrogen) atoms. The van der Waals surface area contributed by atoms with Gasteiger partial charge in [-0.2, -0.15) is 0 Å². The molecule has 3 rings (SSSR count). The van der Waals surface area contributed by atoms with E-state index in [4.69, 9.17) is 4.74 Å². The van der Waals surface area contributed by atoms with Gasteiger partial charge in [-0.3, -0.25) is 9.10 Å². The highest BCUT2D eigenvalue weighted by molar-refractivity contribution is 7.92. The average Bonchev–Trinajstić information content (AvgIpc) is 2.77. The van der Waals surface area contributed by atoms with Gasteiger partial charge in [-0.05, 0) is 49.7 Å². The lowest BCUT2D eigenvalue weighted by Gasteiger charge is -2.25. The molecular weight excluding hydrogens is 412 g/mol. The van der Waals surface area contributed by atoms with Crippen LogP contribution in [0, 0.1) is 6.92 Å². The van der Waals surface area contributed by atoms with Gasteiger partial charge in [-0.25, -0.2) is 8.42 Å². The smallest absolute Gasteiger partial charge is 0.264 e. The molecule has 0 spiro atoms. The van der Waals surface area contributed by atoms with Crippen molar-refractivity contribution in [1.29, 1.82) is 0 Å². The molecule has 7 heteroatoms. The second-order valence-electron chi connectivity index (χ2n) is 7.19. The highest BCUT2D eigenvalue weighted by atomic mass is 32.2. The molecule has 1 atom stereocenters. The third-order valence-electron chi connectivity index (χ3n) is 4.89. The van der Waals surface area contributed by atoms with Crippen molar-refractivity contribution in [2.24, 2.45) is 0 Å². The van der Waals surface area contributed by atoms with Crippen LogP contribution in [0.2, 0.25) is 0 Å². The summed E-state index contributed by atoms with van der Waals surface area (Å²) >= 11 is 0. The van der Waals surface area contributed by atoms with E-state index in [-0.39, 0.29) is 17.5 Å². The van der Waals surface area contributed by atoms with Crippen LogP contribution in [0.25, 0.3) is 0 Å². The van der Waals surface area contributed by atoms with Crippen molar-refractivity contribution in [1.82, 2.24) is 5.32 Å². The number of aryl methyl sites for hydroxylation is 1. The van der Waals surface area contributed by atoms with Crippen LogP contribution in [0.3, 0.4) is 0 Å². The molecule has 0 bridgehead atoms. The summed E-state index contributed by atoms with van der Waals surface area (Å²) in [5.74, 6) is 0.238. The first-order valence-electron chi connectivity index (χ1n) is 9.89. The van der Waals surface area contributed by atoms with E-state index in [0.717, 1.165) is 15.4 Å². The van der Waals surface area contributed by atoms with Gasteiger partial charge >= 0.3 is 0 Å². The van der Waals surface area contributed by atoms with E-state index in [1.165, 1.54) is 12.1 Å². The number of para-hydroxylation sites is 1. The molecule has 0 aliphatic heterocycles. The number of hydrogen-bond donors (Lipinski definition) is 1.